The van der Waals surface area contributed by atoms with E-state index in [2.05, 4.69) is 50.3 Å². The normalized spacial score (nSPS) is 13.1. The Kier molecular flexibility index (Phi) is 76.9. The molecule has 0 saturated carbocycles. The van der Waals surface area contributed by atoms with Gasteiger partial charge in [0, 0.05) is 12.8 Å². The second-order valence-corrected chi connectivity index (χ2v) is 32.4. The van der Waals surface area contributed by atoms with Gasteiger partial charge in [-0.2, -0.15) is 0 Å². The van der Waals surface area contributed by atoms with Gasteiger partial charge in [0.25, 0.3) is 0 Å². The fourth-order valence-corrected chi connectivity index (χ4v) is 14.1. The molecule has 9 nitrogen and oxygen atoms in total. The van der Waals surface area contributed by atoms with Crippen LogP contribution in [-0.4, -0.2) is 74.9 Å². The van der Waals surface area contributed by atoms with Crippen molar-refractivity contribution in [3.63, 3.8) is 0 Å². The summed E-state index contributed by atoms with van der Waals surface area (Å²) in [6.45, 7) is 4.52. The van der Waals surface area contributed by atoms with Crippen molar-refractivity contribution in [2.24, 2.45) is 0 Å². The summed E-state index contributed by atoms with van der Waals surface area (Å²) in [5, 5.41) is 0. The Morgan fingerprint density at radius 2 is 0.557 bits per heavy atom. The maximum absolute atomic E-state index is 12.9. The molecule has 0 fully saturated rings. The van der Waals surface area contributed by atoms with Crippen LogP contribution in [0.2, 0.25) is 0 Å². The minimum Gasteiger partial charge on any atom is -0.462 e. The molecular formula is C87H169NO8P+. The first-order valence-corrected chi connectivity index (χ1v) is 44.7. The molecule has 0 spiro atoms. The molecule has 0 saturated heterocycles. The maximum Gasteiger partial charge on any atom is 0.472 e. The minimum absolute atomic E-state index is 0.0361. The molecule has 1 N–H and O–H groups in total. The van der Waals surface area contributed by atoms with Crippen LogP contribution in [0, 0.1) is 0 Å². The SMILES string of the molecule is CCCCCCC/C=C\C/C=C\C/C=C\CCCCCCCCCCCCCCCCCCCCCCCCCCCCC(=O)OC(COC(=O)CCCCCCCCCCCCCCCCCCCCCCCCCCCCCCCCCC)COP(=O)(O)OCC[N+](C)(C)C. The molecule has 0 aliphatic heterocycles. The van der Waals surface area contributed by atoms with Crippen LogP contribution >= 0.6 is 7.82 Å². The number of hydrogen-bond acceptors (Lipinski definition) is 7. The highest BCUT2D eigenvalue weighted by atomic mass is 31.2. The number of carbonyl (C=O) groups is 2. The lowest BCUT2D eigenvalue weighted by Crippen LogP contribution is -2.37. The van der Waals surface area contributed by atoms with Crippen LogP contribution in [0.5, 0.6) is 0 Å². The summed E-state index contributed by atoms with van der Waals surface area (Å²) in [5.41, 5.74) is 0. The number of phosphoric acid groups is 1. The summed E-state index contributed by atoms with van der Waals surface area (Å²) in [5.74, 6) is -0.767. The topological polar surface area (TPSA) is 108 Å². The Balaban J connectivity index is 3.85. The molecule has 10 heteroatoms. The first-order chi connectivity index (χ1) is 47.5. The molecule has 2 atom stereocenters. The highest BCUT2D eigenvalue weighted by Gasteiger charge is 2.27. The van der Waals surface area contributed by atoms with Crippen LogP contribution in [0.25, 0.3) is 0 Å². The number of allylic oxidation sites excluding steroid dienone is 6. The highest BCUT2D eigenvalue weighted by molar-refractivity contribution is 7.47. The summed E-state index contributed by atoms with van der Waals surface area (Å²) in [4.78, 5) is 36.0. The van der Waals surface area contributed by atoms with Gasteiger partial charge in [-0.25, -0.2) is 4.57 Å². The van der Waals surface area contributed by atoms with Gasteiger partial charge in [0.2, 0.25) is 0 Å². The first-order valence-electron chi connectivity index (χ1n) is 43.2. The quantitative estimate of drug-likeness (QED) is 0.0211. The van der Waals surface area contributed by atoms with Crippen LogP contribution in [0.3, 0.4) is 0 Å². The Hall–Kier alpha value is -1.77. The van der Waals surface area contributed by atoms with Gasteiger partial charge in [0.05, 0.1) is 27.7 Å². The van der Waals surface area contributed by atoms with E-state index >= 15 is 0 Å². The van der Waals surface area contributed by atoms with E-state index in [-0.39, 0.29) is 25.6 Å². The van der Waals surface area contributed by atoms with Gasteiger partial charge in [-0.05, 0) is 51.4 Å². The molecule has 0 amide bonds. The molecule has 574 valence electrons. The van der Waals surface area contributed by atoms with Crippen LogP contribution in [0.4, 0.5) is 0 Å². The average Bonchev–Trinajstić information content (AvgIpc) is 1.69. The summed E-state index contributed by atoms with van der Waals surface area (Å²) in [6, 6.07) is 0. The number of quaternary nitrogens is 1. The molecule has 0 aromatic heterocycles. The van der Waals surface area contributed by atoms with E-state index in [1.165, 1.54) is 379 Å². The Labute approximate surface area is 605 Å². The highest BCUT2D eigenvalue weighted by Crippen LogP contribution is 2.43. The first kappa shape index (κ1) is 95.2. The van der Waals surface area contributed by atoms with Crippen molar-refractivity contribution < 1.29 is 42.1 Å². The van der Waals surface area contributed by atoms with Gasteiger partial charge in [-0.3, -0.25) is 18.6 Å². The number of likely N-dealkylation sites (N-methyl/N-ethyl adjacent to an activating group) is 1. The monoisotopic (exact) mass is 1390 g/mol. The molecule has 0 aromatic carbocycles. The molecular weight excluding hydrogens is 1220 g/mol. The lowest BCUT2D eigenvalue weighted by atomic mass is 10.0. The third kappa shape index (κ3) is 83.1. The fourth-order valence-electron chi connectivity index (χ4n) is 13.3. The number of carbonyl (C=O) groups excluding carboxylic acids is 2. The van der Waals surface area contributed by atoms with Crippen LogP contribution in [0.1, 0.15) is 457 Å². The number of hydrogen-bond donors (Lipinski definition) is 1. The largest absolute Gasteiger partial charge is 0.472 e. The Morgan fingerprint density at radius 1 is 0.320 bits per heavy atom. The van der Waals surface area contributed by atoms with Gasteiger partial charge in [0.1, 0.15) is 19.8 Å². The van der Waals surface area contributed by atoms with Gasteiger partial charge in [-0.1, -0.05) is 429 Å². The van der Waals surface area contributed by atoms with E-state index in [9.17, 15) is 19.0 Å². The predicted octanol–water partition coefficient (Wildman–Crippen LogP) is 28.9. The molecule has 0 heterocycles. The maximum atomic E-state index is 12.9. The average molecular weight is 1390 g/mol. The molecule has 0 aliphatic carbocycles. The summed E-state index contributed by atoms with van der Waals surface area (Å²) in [7, 11) is 1.51. The zero-order valence-electron chi connectivity index (χ0n) is 65.9. The smallest absolute Gasteiger partial charge is 0.462 e. The fraction of sp³-hybridized carbons (Fsp3) is 0.908. The van der Waals surface area contributed by atoms with E-state index in [1.807, 2.05) is 21.1 Å². The number of nitrogens with zero attached hydrogens (tertiary/aromatic N) is 1. The number of unbranched alkanes of at least 4 members (excludes halogenated alkanes) is 62. The third-order valence-electron chi connectivity index (χ3n) is 19.9. The molecule has 0 aromatic rings. The molecule has 0 aliphatic rings. The van der Waals surface area contributed by atoms with Crippen LogP contribution < -0.4 is 0 Å². The standard InChI is InChI=1S/C87H168NO8P/c1-6-8-10-12-14-16-18-20-22-24-26-28-30-32-34-36-38-40-41-42-43-44-45-46-47-48-50-52-54-56-58-60-62-64-66-68-70-72-74-76-78-80-87(90)96-85(84-95-97(91,92)94-82-81-88(3,4)5)83-93-86(89)79-77-75-73-71-69-67-65-63-61-59-57-55-53-51-49-39-37-35-33-31-29-27-25-23-21-19-17-15-13-11-9-7-2/h18,20,24,26,30,32,85H,6-17,19,21-23,25,27-29,31,33-84H2,1-5H3/p+1/b20-18-,26-24-,32-30-. The van der Waals surface area contributed by atoms with E-state index < -0.39 is 26.5 Å². The van der Waals surface area contributed by atoms with Crippen molar-refractivity contribution in [3.05, 3.63) is 36.5 Å². The summed E-state index contributed by atoms with van der Waals surface area (Å²) < 4.78 is 34.9. The molecule has 0 bridgehead atoms. The minimum atomic E-state index is -4.39. The van der Waals surface area contributed by atoms with Crippen molar-refractivity contribution in [3.8, 4) is 0 Å². The van der Waals surface area contributed by atoms with E-state index in [1.54, 1.807) is 0 Å². The van der Waals surface area contributed by atoms with Gasteiger partial charge in [-0.15, -0.1) is 0 Å². The van der Waals surface area contributed by atoms with Crippen molar-refractivity contribution in [2.45, 2.75) is 463 Å². The lowest BCUT2D eigenvalue weighted by Gasteiger charge is -2.24. The van der Waals surface area contributed by atoms with E-state index in [0.29, 0.717) is 17.4 Å². The zero-order chi connectivity index (χ0) is 70.4. The summed E-state index contributed by atoms with van der Waals surface area (Å²) in [6.07, 6.45) is 103. The Bertz CT molecular complexity index is 1730. The predicted molar refractivity (Wildman–Crippen MR) is 423 cm³/mol. The molecule has 0 radical (unpaired) electrons. The molecule has 0 rings (SSSR count). The summed E-state index contributed by atoms with van der Waals surface area (Å²) >= 11 is 0. The van der Waals surface area contributed by atoms with Gasteiger partial charge >= 0.3 is 19.8 Å². The van der Waals surface area contributed by atoms with Crippen LogP contribution in [-0.2, 0) is 32.7 Å². The third-order valence-corrected chi connectivity index (χ3v) is 20.9. The van der Waals surface area contributed by atoms with E-state index in [4.69, 9.17) is 18.5 Å². The number of ether oxygens (including phenoxy) is 2. The molecule has 2 unspecified atom stereocenters. The van der Waals surface area contributed by atoms with Crippen molar-refractivity contribution >= 4 is 19.8 Å². The van der Waals surface area contributed by atoms with Gasteiger partial charge in [0.15, 0.2) is 6.10 Å². The van der Waals surface area contributed by atoms with Gasteiger partial charge < -0.3 is 18.9 Å². The van der Waals surface area contributed by atoms with Crippen molar-refractivity contribution in [1.82, 2.24) is 0 Å². The van der Waals surface area contributed by atoms with Crippen molar-refractivity contribution in [2.75, 3.05) is 47.5 Å². The zero-order valence-corrected chi connectivity index (χ0v) is 66.8. The number of rotatable bonds is 82. The Morgan fingerprint density at radius 3 is 0.825 bits per heavy atom. The van der Waals surface area contributed by atoms with Crippen molar-refractivity contribution in [1.29, 1.82) is 0 Å². The molecule has 97 heavy (non-hydrogen) atoms. The second kappa shape index (κ2) is 78.4. The number of phosphoric ester groups is 1. The lowest BCUT2D eigenvalue weighted by molar-refractivity contribution is -0.870. The van der Waals surface area contributed by atoms with Crippen LogP contribution in [0.15, 0.2) is 36.5 Å². The number of esters is 2. The second-order valence-electron chi connectivity index (χ2n) is 30.9. The van der Waals surface area contributed by atoms with E-state index in [0.717, 1.165) is 51.4 Å².